The third-order valence-corrected chi connectivity index (χ3v) is 2.71. The quantitative estimate of drug-likeness (QED) is 0.840. The predicted molar refractivity (Wildman–Crippen MR) is 78.1 cm³/mol. The second-order valence-corrected chi connectivity index (χ2v) is 4.31. The molecule has 0 spiro atoms. The van der Waals surface area contributed by atoms with Crippen LogP contribution in [0.3, 0.4) is 0 Å². The summed E-state index contributed by atoms with van der Waals surface area (Å²) in [6, 6.07) is 7.74. The van der Waals surface area contributed by atoms with Crippen molar-refractivity contribution in [3.63, 3.8) is 0 Å². The Balaban J connectivity index is 1.92. The lowest BCUT2D eigenvalue weighted by atomic mass is 10.2. The van der Waals surface area contributed by atoms with Gasteiger partial charge < -0.3 is 14.8 Å². The Morgan fingerprint density at radius 1 is 1.15 bits per heavy atom. The topological polar surface area (TPSA) is 56.3 Å². The van der Waals surface area contributed by atoms with Crippen LogP contribution in [0, 0.1) is 0 Å². The number of rotatable bonds is 7. The predicted octanol–water partition coefficient (Wildman–Crippen LogP) is 2.89. The molecule has 0 saturated heterocycles. The first-order valence-corrected chi connectivity index (χ1v) is 6.63. The molecule has 2 rings (SSSR count). The van der Waals surface area contributed by atoms with Crippen molar-refractivity contribution >= 4 is 5.82 Å². The Labute approximate surface area is 119 Å². The minimum Gasteiger partial charge on any atom is -0.497 e. The number of nitrogens with zero attached hydrogens (tertiary/aromatic N) is 2. The number of aromatic nitrogens is 2. The smallest absolute Gasteiger partial charge is 0.234 e. The summed E-state index contributed by atoms with van der Waals surface area (Å²) in [7, 11) is 1.65. The lowest BCUT2D eigenvalue weighted by Gasteiger charge is -2.08. The van der Waals surface area contributed by atoms with E-state index in [-0.39, 0.29) is 0 Å². The summed E-state index contributed by atoms with van der Waals surface area (Å²) in [6.45, 7) is 3.43. The molecular weight excluding hydrogens is 254 g/mol. The van der Waals surface area contributed by atoms with Crippen molar-refractivity contribution in [2.75, 3.05) is 19.0 Å². The van der Waals surface area contributed by atoms with Gasteiger partial charge in [-0.2, -0.15) is 4.98 Å². The molecule has 1 aromatic heterocycles. The van der Waals surface area contributed by atoms with Gasteiger partial charge in [-0.1, -0.05) is 19.1 Å². The van der Waals surface area contributed by atoms with Crippen molar-refractivity contribution in [1.29, 1.82) is 0 Å². The SMILES string of the molecule is CCCNc1cncc(OCc2ccc(OC)cc2)n1. The third-order valence-electron chi connectivity index (χ3n) is 2.71. The number of nitrogens with one attached hydrogen (secondary N) is 1. The summed E-state index contributed by atoms with van der Waals surface area (Å²) in [5.41, 5.74) is 1.06. The van der Waals surface area contributed by atoms with E-state index < -0.39 is 0 Å². The maximum atomic E-state index is 5.63. The Morgan fingerprint density at radius 2 is 1.95 bits per heavy atom. The van der Waals surface area contributed by atoms with Gasteiger partial charge in [0.05, 0.1) is 19.5 Å². The Bertz CT molecular complexity index is 529. The molecule has 20 heavy (non-hydrogen) atoms. The van der Waals surface area contributed by atoms with Crippen LogP contribution < -0.4 is 14.8 Å². The van der Waals surface area contributed by atoms with Crippen LogP contribution >= 0.6 is 0 Å². The third kappa shape index (κ3) is 4.12. The highest BCUT2D eigenvalue weighted by Crippen LogP contribution is 2.14. The van der Waals surface area contributed by atoms with Crippen molar-refractivity contribution in [3.05, 3.63) is 42.2 Å². The molecule has 0 aliphatic heterocycles. The van der Waals surface area contributed by atoms with Crippen LogP contribution in [-0.4, -0.2) is 23.6 Å². The minimum absolute atomic E-state index is 0.454. The van der Waals surface area contributed by atoms with E-state index in [4.69, 9.17) is 9.47 Å². The van der Waals surface area contributed by atoms with Crippen LogP contribution in [0.5, 0.6) is 11.6 Å². The monoisotopic (exact) mass is 273 g/mol. The van der Waals surface area contributed by atoms with Crippen LogP contribution in [0.25, 0.3) is 0 Å². The van der Waals surface area contributed by atoms with Gasteiger partial charge >= 0.3 is 0 Å². The zero-order valence-electron chi connectivity index (χ0n) is 11.8. The van der Waals surface area contributed by atoms with Crippen molar-refractivity contribution in [2.24, 2.45) is 0 Å². The number of benzene rings is 1. The summed E-state index contributed by atoms with van der Waals surface area (Å²) in [5, 5.41) is 3.18. The number of hydrogen-bond donors (Lipinski definition) is 1. The van der Waals surface area contributed by atoms with Gasteiger partial charge in [0.25, 0.3) is 0 Å². The molecule has 1 aromatic carbocycles. The highest BCUT2D eigenvalue weighted by Gasteiger charge is 2.00. The lowest BCUT2D eigenvalue weighted by Crippen LogP contribution is -2.04. The van der Waals surface area contributed by atoms with Gasteiger partial charge in [0.2, 0.25) is 5.88 Å². The van der Waals surface area contributed by atoms with E-state index in [2.05, 4.69) is 22.2 Å². The molecule has 0 aliphatic carbocycles. The molecule has 0 amide bonds. The fraction of sp³-hybridized carbons (Fsp3) is 0.333. The average Bonchev–Trinajstić information content (AvgIpc) is 2.52. The Kier molecular flexibility index (Phi) is 5.17. The van der Waals surface area contributed by atoms with Crippen molar-refractivity contribution in [2.45, 2.75) is 20.0 Å². The number of anilines is 1. The van der Waals surface area contributed by atoms with Gasteiger partial charge in [-0.3, -0.25) is 4.98 Å². The van der Waals surface area contributed by atoms with Crippen molar-refractivity contribution in [3.8, 4) is 11.6 Å². The van der Waals surface area contributed by atoms with Gasteiger partial charge in [0, 0.05) is 6.54 Å². The molecule has 0 unspecified atom stereocenters. The van der Waals surface area contributed by atoms with E-state index >= 15 is 0 Å². The first-order valence-electron chi connectivity index (χ1n) is 6.63. The summed E-state index contributed by atoms with van der Waals surface area (Å²) in [5.74, 6) is 2.08. The molecule has 0 bridgehead atoms. The minimum atomic E-state index is 0.454. The Morgan fingerprint density at radius 3 is 2.65 bits per heavy atom. The summed E-state index contributed by atoms with van der Waals surface area (Å²) in [4.78, 5) is 8.45. The molecule has 0 radical (unpaired) electrons. The first kappa shape index (κ1) is 14.1. The molecule has 0 atom stereocenters. The van der Waals surface area contributed by atoms with E-state index in [9.17, 15) is 0 Å². The molecule has 0 saturated carbocycles. The van der Waals surface area contributed by atoms with Gasteiger partial charge in [-0.05, 0) is 24.1 Å². The number of ether oxygens (including phenoxy) is 2. The highest BCUT2D eigenvalue weighted by atomic mass is 16.5. The molecule has 0 aliphatic rings. The molecule has 1 N–H and O–H groups in total. The maximum absolute atomic E-state index is 5.63. The van der Waals surface area contributed by atoms with Gasteiger partial charge in [-0.25, -0.2) is 0 Å². The maximum Gasteiger partial charge on any atom is 0.234 e. The van der Waals surface area contributed by atoms with E-state index in [1.165, 1.54) is 0 Å². The average molecular weight is 273 g/mol. The van der Waals surface area contributed by atoms with E-state index in [0.717, 1.165) is 30.1 Å². The van der Waals surface area contributed by atoms with Crippen LogP contribution in [0.15, 0.2) is 36.7 Å². The van der Waals surface area contributed by atoms with Crippen molar-refractivity contribution < 1.29 is 9.47 Å². The van der Waals surface area contributed by atoms with E-state index in [1.54, 1.807) is 19.5 Å². The van der Waals surface area contributed by atoms with Gasteiger partial charge in [0.1, 0.15) is 18.2 Å². The molecule has 1 heterocycles. The molecule has 0 fully saturated rings. The Hall–Kier alpha value is -2.30. The summed E-state index contributed by atoms with van der Waals surface area (Å²) < 4.78 is 10.7. The molecule has 5 nitrogen and oxygen atoms in total. The fourth-order valence-corrected chi connectivity index (χ4v) is 1.63. The second kappa shape index (κ2) is 7.33. The summed E-state index contributed by atoms with van der Waals surface area (Å²) >= 11 is 0. The normalized spacial score (nSPS) is 10.1. The van der Waals surface area contributed by atoms with Gasteiger partial charge in [0.15, 0.2) is 0 Å². The van der Waals surface area contributed by atoms with E-state index in [0.29, 0.717) is 12.5 Å². The van der Waals surface area contributed by atoms with Gasteiger partial charge in [-0.15, -0.1) is 0 Å². The van der Waals surface area contributed by atoms with Crippen LogP contribution in [0.4, 0.5) is 5.82 Å². The lowest BCUT2D eigenvalue weighted by molar-refractivity contribution is 0.292. The molecule has 5 heteroatoms. The molecular formula is C15H19N3O2. The van der Waals surface area contributed by atoms with E-state index in [1.807, 2.05) is 24.3 Å². The highest BCUT2D eigenvalue weighted by molar-refractivity contribution is 5.33. The van der Waals surface area contributed by atoms with Crippen LogP contribution in [0.1, 0.15) is 18.9 Å². The van der Waals surface area contributed by atoms with Crippen LogP contribution in [0.2, 0.25) is 0 Å². The fourth-order valence-electron chi connectivity index (χ4n) is 1.63. The largest absolute Gasteiger partial charge is 0.497 e. The molecule has 106 valence electrons. The number of methoxy groups -OCH3 is 1. The second-order valence-electron chi connectivity index (χ2n) is 4.31. The zero-order valence-corrected chi connectivity index (χ0v) is 11.8. The number of hydrogen-bond acceptors (Lipinski definition) is 5. The first-order chi connectivity index (χ1) is 9.81. The van der Waals surface area contributed by atoms with Crippen LogP contribution in [-0.2, 0) is 6.61 Å². The molecule has 2 aromatic rings. The summed E-state index contributed by atoms with van der Waals surface area (Å²) in [6.07, 6.45) is 4.34. The standard InChI is InChI=1S/C15H19N3O2/c1-3-8-17-14-9-16-10-15(18-14)20-11-12-4-6-13(19-2)7-5-12/h4-7,9-10H,3,8,11H2,1-2H3,(H,17,18). The zero-order chi connectivity index (χ0) is 14.2. The van der Waals surface area contributed by atoms with Crippen molar-refractivity contribution in [1.82, 2.24) is 9.97 Å².